The van der Waals surface area contributed by atoms with Crippen LogP contribution in [0.1, 0.15) is 0 Å². The maximum Gasteiger partial charge on any atom is 0.240 e. The van der Waals surface area contributed by atoms with Gasteiger partial charge in [-0.3, -0.25) is 0 Å². The van der Waals surface area contributed by atoms with Crippen molar-refractivity contribution in [2.24, 2.45) is 5.73 Å². The standard InChI is InChI=1S/C9H15N3O4S2/c1-11-17(13,14)8-2-4-9(5-3-8)18(15,16)12-7-6-10/h2-5,11-12H,6-7,10H2,1H3. The van der Waals surface area contributed by atoms with Crippen molar-refractivity contribution >= 4 is 20.0 Å². The maximum absolute atomic E-state index is 11.7. The molecule has 18 heavy (non-hydrogen) atoms. The van der Waals surface area contributed by atoms with Gasteiger partial charge in [0.2, 0.25) is 20.0 Å². The third-order valence-electron chi connectivity index (χ3n) is 2.15. The molecule has 1 rings (SSSR count). The van der Waals surface area contributed by atoms with Crippen LogP contribution in [-0.4, -0.2) is 37.0 Å². The molecule has 0 atom stereocenters. The zero-order chi connectivity index (χ0) is 13.8. The van der Waals surface area contributed by atoms with Gasteiger partial charge in [0.15, 0.2) is 0 Å². The van der Waals surface area contributed by atoms with E-state index in [9.17, 15) is 16.8 Å². The number of hydrogen-bond acceptors (Lipinski definition) is 5. The van der Waals surface area contributed by atoms with Crippen molar-refractivity contribution in [2.75, 3.05) is 20.1 Å². The van der Waals surface area contributed by atoms with Crippen molar-refractivity contribution in [1.82, 2.24) is 9.44 Å². The van der Waals surface area contributed by atoms with Gasteiger partial charge in [-0.15, -0.1) is 0 Å². The van der Waals surface area contributed by atoms with Crippen LogP contribution >= 0.6 is 0 Å². The van der Waals surface area contributed by atoms with Crippen molar-refractivity contribution in [1.29, 1.82) is 0 Å². The van der Waals surface area contributed by atoms with Crippen LogP contribution in [0.2, 0.25) is 0 Å². The summed E-state index contributed by atoms with van der Waals surface area (Å²) in [6.45, 7) is 0.310. The largest absolute Gasteiger partial charge is 0.329 e. The summed E-state index contributed by atoms with van der Waals surface area (Å²) in [5.74, 6) is 0. The highest BCUT2D eigenvalue weighted by atomic mass is 32.2. The molecular formula is C9H15N3O4S2. The highest BCUT2D eigenvalue weighted by molar-refractivity contribution is 7.90. The van der Waals surface area contributed by atoms with Gasteiger partial charge in [0.1, 0.15) is 0 Å². The summed E-state index contributed by atoms with van der Waals surface area (Å²) >= 11 is 0. The molecule has 4 N–H and O–H groups in total. The van der Waals surface area contributed by atoms with Crippen LogP contribution in [0.4, 0.5) is 0 Å². The molecule has 0 bridgehead atoms. The molecule has 0 saturated heterocycles. The SMILES string of the molecule is CNS(=O)(=O)c1ccc(S(=O)(=O)NCCN)cc1. The minimum atomic E-state index is -3.64. The van der Waals surface area contributed by atoms with Gasteiger partial charge in [-0.25, -0.2) is 26.3 Å². The zero-order valence-electron chi connectivity index (χ0n) is 9.75. The lowest BCUT2D eigenvalue weighted by Gasteiger charge is -2.06. The zero-order valence-corrected chi connectivity index (χ0v) is 11.4. The first-order valence-electron chi connectivity index (χ1n) is 5.07. The molecule has 0 aromatic heterocycles. The molecule has 0 radical (unpaired) electrons. The first-order chi connectivity index (χ1) is 8.33. The summed E-state index contributed by atoms with van der Waals surface area (Å²) in [5.41, 5.74) is 5.20. The highest BCUT2D eigenvalue weighted by Crippen LogP contribution is 2.13. The van der Waals surface area contributed by atoms with E-state index in [1.807, 2.05) is 0 Å². The van der Waals surface area contributed by atoms with E-state index in [-0.39, 0.29) is 22.9 Å². The monoisotopic (exact) mass is 293 g/mol. The summed E-state index contributed by atoms with van der Waals surface area (Å²) in [5, 5.41) is 0. The van der Waals surface area contributed by atoms with Gasteiger partial charge >= 0.3 is 0 Å². The van der Waals surface area contributed by atoms with Crippen LogP contribution in [0.3, 0.4) is 0 Å². The molecule has 0 amide bonds. The Morgan fingerprint density at radius 1 is 1.00 bits per heavy atom. The Morgan fingerprint density at radius 3 is 1.83 bits per heavy atom. The molecule has 0 heterocycles. The van der Waals surface area contributed by atoms with E-state index in [1.165, 1.54) is 31.3 Å². The predicted molar refractivity (Wildman–Crippen MR) is 66.9 cm³/mol. The molecule has 0 unspecified atom stereocenters. The third-order valence-corrected chi connectivity index (χ3v) is 5.06. The normalized spacial score (nSPS) is 12.6. The van der Waals surface area contributed by atoms with Crippen LogP contribution in [0.15, 0.2) is 34.1 Å². The molecule has 0 saturated carbocycles. The van der Waals surface area contributed by atoms with Crippen molar-refractivity contribution in [2.45, 2.75) is 9.79 Å². The second-order valence-electron chi connectivity index (χ2n) is 3.37. The van der Waals surface area contributed by atoms with Gasteiger partial charge in [0.25, 0.3) is 0 Å². The summed E-state index contributed by atoms with van der Waals surface area (Å²) in [6, 6.07) is 4.90. The Kier molecular flexibility index (Phi) is 4.82. The van der Waals surface area contributed by atoms with Crippen LogP contribution in [0, 0.1) is 0 Å². The van der Waals surface area contributed by atoms with Gasteiger partial charge in [0.05, 0.1) is 9.79 Å². The molecule has 0 spiro atoms. The molecule has 0 aliphatic heterocycles. The van der Waals surface area contributed by atoms with E-state index in [1.54, 1.807) is 0 Å². The minimum Gasteiger partial charge on any atom is -0.329 e. The number of hydrogen-bond donors (Lipinski definition) is 3. The summed E-state index contributed by atoms with van der Waals surface area (Å²) in [4.78, 5) is -0.00576. The number of nitrogens with one attached hydrogen (secondary N) is 2. The lowest BCUT2D eigenvalue weighted by molar-refractivity contribution is 0.580. The highest BCUT2D eigenvalue weighted by Gasteiger charge is 2.15. The van der Waals surface area contributed by atoms with E-state index in [0.717, 1.165) is 0 Å². The molecule has 0 aliphatic rings. The first-order valence-corrected chi connectivity index (χ1v) is 8.03. The first kappa shape index (κ1) is 15.1. The van der Waals surface area contributed by atoms with Gasteiger partial charge in [-0.2, -0.15) is 0 Å². The van der Waals surface area contributed by atoms with Crippen LogP contribution in [0.5, 0.6) is 0 Å². The Labute approximate surface area is 106 Å². The van der Waals surface area contributed by atoms with Gasteiger partial charge in [0, 0.05) is 13.1 Å². The average molecular weight is 293 g/mol. The lowest BCUT2D eigenvalue weighted by atomic mass is 10.4. The quantitative estimate of drug-likeness (QED) is 0.611. The molecule has 1 aromatic carbocycles. The van der Waals surface area contributed by atoms with E-state index in [2.05, 4.69) is 9.44 Å². The molecular weight excluding hydrogens is 278 g/mol. The predicted octanol–water partition coefficient (Wildman–Crippen LogP) is -1.17. The van der Waals surface area contributed by atoms with Crippen molar-refractivity contribution in [3.63, 3.8) is 0 Å². The second kappa shape index (κ2) is 5.76. The molecule has 9 heteroatoms. The Morgan fingerprint density at radius 2 is 1.44 bits per heavy atom. The minimum absolute atomic E-state index is 0.00257. The summed E-state index contributed by atoms with van der Waals surface area (Å²) in [7, 11) is -5.92. The van der Waals surface area contributed by atoms with Gasteiger partial charge in [-0.1, -0.05) is 0 Å². The smallest absolute Gasteiger partial charge is 0.240 e. The molecule has 102 valence electrons. The van der Waals surface area contributed by atoms with Crippen LogP contribution in [0.25, 0.3) is 0 Å². The summed E-state index contributed by atoms with van der Waals surface area (Å²) in [6.07, 6.45) is 0. The Balaban J connectivity index is 3.04. The molecule has 0 fully saturated rings. The van der Waals surface area contributed by atoms with E-state index in [0.29, 0.717) is 0 Å². The number of sulfonamides is 2. The average Bonchev–Trinajstić information content (AvgIpc) is 2.36. The van der Waals surface area contributed by atoms with E-state index in [4.69, 9.17) is 5.73 Å². The number of benzene rings is 1. The third kappa shape index (κ3) is 3.50. The lowest BCUT2D eigenvalue weighted by Crippen LogP contribution is -2.29. The van der Waals surface area contributed by atoms with Crippen LogP contribution < -0.4 is 15.2 Å². The Hall–Kier alpha value is -1.00. The van der Waals surface area contributed by atoms with Gasteiger partial charge in [-0.05, 0) is 31.3 Å². The van der Waals surface area contributed by atoms with Crippen molar-refractivity contribution < 1.29 is 16.8 Å². The van der Waals surface area contributed by atoms with Crippen molar-refractivity contribution in [3.05, 3.63) is 24.3 Å². The molecule has 7 nitrogen and oxygen atoms in total. The topological polar surface area (TPSA) is 118 Å². The fraction of sp³-hybridized carbons (Fsp3) is 0.333. The van der Waals surface area contributed by atoms with Gasteiger partial charge < -0.3 is 5.73 Å². The second-order valence-corrected chi connectivity index (χ2v) is 7.02. The molecule has 1 aromatic rings. The van der Waals surface area contributed by atoms with E-state index >= 15 is 0 Å². The number of nitrogens with two attached hydrogens (primary N) is 1. The van der Waals surface area contributed by atoms with E-state index < -0.39 is 20.0 Å². The Bertz CT molecular complexity index is 593. The molecule has 0 aliphatic carbocycles. The van der Waals surface area contributed by atoms with Crippen LogP contribution in [-0.2, 0) is 20.0 Å². The number of rotatable bonds is 6. The summed E-state index contributed by atoms with van der Waals surface area (Å²) < 4.78 is 50.7. The van der Waals surface area contributed by atoms with Crippen molar-refractivity contribution in [3.8, 4) is 0 Å². The fourth-order valence-electron chi connectivity index (χ4n) is 1.19. The fourth-order valence-corrected chi connectivity index (χ4v) is 2.97. The maximum atomic E-state index is 11.7.